The van der Waals surface area contributed by atoms with E-state index in [1.807, 2.05) is 0 Å². The highest BCUT2D eigenvalue weighted by molar-refractivity contribution is 9.10. The van der Waals surface area contributed by atoms with Gasteiger partial charge in [-0.2, -0.15) is 0 Å². The first-order chi connectivity index (χ1) is 9.71. The molecule has 1 fully saturated rings. The Labute approximate surface area is 129 Å². The molecule has 0 aliphatic carbocycles. The topological polar surface area (TPSA) is 71.4 Å². The molecule has 2 unspecified atom stereocenters. The van der Waals surface area contributed by atoms with E-state index in [0.29, 0.717) is 0 Å². The highest BCUT2D eigenvalue weighted by Gasteiger charge is 2.38. The molecule has 2 atom stereocenters. The van der Waals surface area contributed by atoms with Crippen LogP contribution in [0.4, 0.5) is 8.78 Å². The molecule has 1 N–H and O–H groups in total. The van der Waals surface area contributed by atoms with Gasteiger partial charge in [0.05, 0.1) is 21.9 Å². The molecule has 2 rings (SSSR count). The summed E-state index contributed by atoms with van der Waals surface area (Å²) in [6.07, 6.45) is -0.164. The molecule has 1 aliphatic heterocycles. The number of carbonyl (C=O) groups is 1. The molecule has 0 spiro atoms. The molecule has 21 heavy (non-hydrogen) atoms. The average Bonchev–Trinajstić information content (AvgIpc) is 2.74. The first kappa shape index (κ1) is 16.4. The van der Waals surface area contributed by atoms with Gasteiger partial charge in [0.2, 0.25) is 0 Å². The van der Waals surface area contributed by atoms with Crippen molar-refractivity contribution < 1.29 is 27.1 Å². The second-order valence-electron chi connectivity index (χ2n) is 5.13. The number of hydrogen-bond donors (Lipinski definition) is 1. The van der Waals surface area contributed by atoms with E-state index < -0.39 is 39.3 Å². The van der Waals surface area contributed by atoms with Crippen molar-refractivity contribution in [2.24, 2.45) is 11.8 Å². The fourth-order valence-electron chi connectivity index (χ4n) is 2.57. The molecule has 116 valence electrons. The minimum atomic E-state index is -3.25. The molecule has 4 nitrogen and oxygen atoms in total. The fourth-order valence-corrected chi connectivity index (χ4v) is 4.82. The van der Waals surface area contributed by atoms with Crippen molar-refractivity contribution in [1.82, 2.24) is 0 Å². The van der Waals surface area contributed by atoms with Gasteiger partial charge in [0.25, 0.3) is 0 Å². The van der Waals surface area contributed by atoms with Crippen LogP contribution in [0.2, 0.25) is 0 Å². The molecular weight excluding hydrogens is 370 g/mol. The third kappa shape index (κ3) is 3.60. The van der Waals surface area contributed by atoms with Crippen molar-refractivity contribution in [3.05, 3.63) is 33.8 Å². The van der Waals surface area contributed by atoms with Gasteiger partial charge >= 0.3 is 5.97 Å². The number of halogens is 3. The van der Waals surface area contributed by atoms with E-state index in [4.69, 9.17) is 0 Å². The van der Waals surface area contributed by atoms with Crippen LogP contribution in [0.5, 0.6) is 0 Å². The maximum Gasteiger partial charge on any atom is 0.307 e. The summed E-state index contributed by atoms with van der Waals surface area (Å²) >= 11 is 2.92. The van der Waals surface area contributed by atoms with Crippen LogP contribution < -0.4 is 0 Å². The summed E-state index contributed by atoms with van der Waals surface area (Å²) in [5.74, 6) is -4.99. The monoisotopic (exact) mass is 382 g/mol. The van der Waals surface area contributed by atoms with E-state index in [2.05, 4.69) is 15.9 Å². The Morgan fingerprint density at radius 2 is 2.10 bits per heavy atom. The number of carboxylic acids is 1. The van der Waals surface area contributed by atoms with E-state index in [-0.39, 0.29) is 34.4 Å². The standard InChI is InChI=1S/C13H13BrF2O4S/c14-10-1-2-11(15)9(12(10)16)5-8(13(17)18)7-3-4-21(19,20)6-7/h1-2,7-8H,3-6H2,(H,17,18). The number of sulfone groups is 1. The first-order valence-electron chi connectivity index (χ1n) is 6.27. The lowest BCUT2D eigenvalue weighted by molar-refractivity contribution is -0.143. The molecule has 1 saturated heterocycles. The number of hydrogen-bond acceptors (Lipinski definition) is 3. The quantitative estimate of drug-likeness (QED) is 0.811. The molecule has 1 aliphatic rings. The molecule has 0 saturated carbocycles. The minimum absolute atomic E-state index is 0.0436. The Kier molecular flexibility index (Phi) is 4.67. The summed E-state index contributed by atoms with van der Waals surface area (Å²) in [5.41, 5.74) is -0.332. The zero-order valence-corrected chi connectivity index (χ0v) is 13.3. The van der Waals surface area contributed by atoms with E-state index in [9.17, 15) is 27.1 Å². The third-order valence-corrected chi connectivity index (χ3v) is 6.12. The van der Waals surface area contributed by atoms with Gasteiger partial charge in [0.15, 0.2) is 9.84 Å². The smallest absolute Gasteiger partial charge is 0.307 e. The summed E-state index contributed by atoms with van der Waals surface area (Å²) in [6, 6.07) is 2.25. The summed E-state index contributed by atoms with van der Waals surface area (Å²) in [5, 5.41) is 9.26. The largest absolute Gasteiger partial charge is 0.481 e. The average molecular weight is 383 g/mol. The van der Waals surface area contributed by atoms with Crippen molar-refractivity contribution in [2.45, 2.75) is 12.8 Å². The summed E-state index contributed by atoms with van der Waals surface area (Å²) in [6.45, 7) is 0. The second kappa shape index (κ2) is 6.00. The Hall–Kier alpha value is -1.02. The number of benzene rings is 1. The van der Waals surface area contributed by atoms with Crippen molar-refractivity contribution in [3.63, 3.8) is 0 Å². The normalized spacial score (nSPS) is 22.1. The molecule has 0 radical (unpaired) electrons. The van der Waals surface area contributed by atoms with Crippen molar-refractivity contribution in [2.75, 3.05) is 11.5 Å². The molecular formula is C13H13BrF2O4S. The second-order valence-corrected chi connectivity index (χ2v) is 8.22. The molecule has 1 aromatic carbocycles. The van der Waals surface area contributed by atoms with Crippen molar-refractivity contribution in [1.29, 1.82) is 0 Å². The highest BCUT2D eigenvalue weighted by Crippen LogP contribution is 2.31. The van der Waals surface area contributed by atoms with Gasteiger partial charge in [-0.15, -0.1) is 0 Å². The third-order valence-electron chi connectivity index (χ3n) is 3.72. The molecule has 1 aromatic rings. The summed E-state index contributed by atoms with van der Waals surface area (Å²) in [4.78, 5) is 11.4. The SMILES string of the molecule is O=C(O)C(Cc1c(F)ccc(Br)c1F)C1CCS(=O)(=O)C1. The lowest BCUT2D eigenvalue weighted by Gasteiger charge is -2.19. The van der Waals surface area contributed by atoms with Crippen LogP contribution >= 0.6 is 15.9 Å². The zero-order valence-electron chi connectivity index (χ0n) is 10.9. The van der Waals surface area contributed by atoms with Crippen molar-refractivity contribution in [3.8, 4) is 0 Å². The Morgan fingerprint density at radius 3 is 2.62 bits per heavy atom. The van der Waals surface area contributed by atoms with E-state index in [1.54, 1.807) is 0 Å². The zero-order chi connectivity index (χ0) is 15.8. The van der Waals surface area contributed by atoms with Crippen LogP contribution in [0.25, 0.3) is 0 Å². The van der Waals surface area contributed by atoms with Gasteiger partial charge in [-0.1, -0.05) is 0 Å². The van der Waals surface area contributed by atoms with Crippen LogP contribution in [0.15, 0.2) is 16.6 Å². The van der Waals surface area contributed by atoms with E-state index in [1.165, 1.54) is 6.07 Å². The minimum Gasteiger partial charge on any atom is -0.481 e. The van der Waals surface area contributed by atoms with E-state index in [0.717, 1.165) is 6.07 Å². The fraction of sp³-hybridized carbons (Fsp3) is 0.462. The predicted molar refractivity (Wildman–Crippen MR) is 75.6 cm³/mol. The maximum atomic E-state index is 13.9. The number of aliphatic carboxylic acids is 1. The predicted octanol–water partition coefficient (Wildman–Crippen LogP) is 2.41. The molecule has 0 amide bonds. The molecule has 0 aromatic heterocycles. The van der Waals surface area contributed by atoms with Crippen LogP contribution in [0, 0.1) is 23.5 Å². The summed E-state index contributed by atoms with van der Waals surface area (Å²) < 4.78 is 50.6. The van der Waals surface area contributed by atoms with Gasteiger partial charge in [-0.05, 0) is 46.8 Å². The highest BCUT2D eigenvalue weighted by atomic mass is 79.9. The van der Waals surface area contributed by atoms with Gasteiger partial charge in [0.1, 0.15) is 11.6 Å². The lowest BCUT2D eigenvalue weighted by atomic mass is 9.86. The molecule has 1 heterocycles. The Balaban J connectivity index is 2.30. The van der Waals surface area contributed by atoms with Crippen LogP contribution in [-0.2, 0) is 21.1 Å². The number of rotatable bonds is 4. The lowest BCUT2D eigenvalue weighted by Crippen LogP contribution is -2.27. The van der Waals surface area contributed by atoms with Gasteiger partial charge < -0.3 is 5.11 Å². The van der Waals surface area contributed by atoms with Crippen LogP contribution in [-0.4, -0.2) is 31.0 Å². The molecule has 0 bridgehead atoms. The van der Waals surface area contributed by atoms with Gasteiger partial charge in [-0.25, -0.2) is 17.2 Å². The first-order valence-corrected chi connectivity index (χ1v) is 8.88. The van der Waals surface area contributed by atoms with Gasteiger partial charge in [-0.3, -0.25) is 4.79 Å². The molecule has 8 heteroatoms. The van der Waals surface area contributed by atoms with Crippen LogP contribution in [0.1, 0.15) is 12.0 Å². The van der Waals surface area contributed by atoms with Crippen molar-refractivity contribution >= 4 is 31.7 Å². The maximum absolute atomic E-state index is 13.9. The van der Waals surface area contributed by atoms with Gasteiger partial charge in [0, 0.05) is 5.56 Å². The number of carboxylic acid groups (broad SMARTS) is 1. The van der Waals surface area contributed by atoms with E-state index >= 15 is 0 Å². The van der Waals surface area contributed by atoms with Crippen LogP contribution in [0.3, 0.4) is 0 Å². The Morgan fingerprint density at radius 1 is 1.43 bits per heavy atom. The summed E-state index contributed by atoms with van der Waals surface area (Å²) in [7, 11) is -3.25. The Bertz CT molecular complexity index is 675.